The number of anilines is 1. The maximum atomic E-state index is 13.0. The number of amides is 5. The van der Waals surface area contributed by atoms with Crippen molar-refractivity contribution in [2.45, 2.75) is 12.7 Å². The van der Waals surface area contributed by atoms with E-state index >= 15 is 0 Å². The summed E-state index contributed by atoms with van der Waals surface area (Å²) in [6, 6.07) is 11.7. The molecule has 0 radical (unpaired) electrons. The number of nitrogens with one attached hydrogen (secondary N) is 1. The van der Waals surface area contributed by atoms with Crippen LogP contribution in [0.4, 0.5) is 23.7 Å². The van der Waals surface area contributed by atoms with Gasteiger partial charge in [-0.2, -0.15) is 13.2 Å². The van der Waals surface area contributed by atoms with Crippen molar-refractivity contribution in [2.75, 3.05) is 11.9 Å². The van der Waals surface area contributed by atoms with Gasteiger partial charge >= 0.3 is 24.0 Å². The van der Waals surface area contributed by atoms with Crippen molar-refractivity contribution in [2.24, 2.45) is 0 Å². The molecule has 7 nitrogen and oxygen atoms in total. The van der Waals surface area contributed by atoms with E-state index in [1.807, 2.05) is 5.32 Å². The lowest BCUT2D eigenvalue weighted by molar-refractivity contribution is -0.143. The molecule has 0 aromatic heterocycles. The Bertz CT molecular complexity index is 976. The number of hydrogen-bond acceptors (Lipinski definition) is 4. The maximum absolute atomic E-state index is 13.0. The van der Waals surface area contributed by atoms with Gasteiger partial charge in [0, 0.05) is 0 Å². The smallest absolute Gasteiger partial charge is 0.324 e. The molecule has 150 valence electrons. The Labute approximate surface area is 162 Å². The summed E-state index contributed by atoms with van der Waals surface area (Å²) < 4.78 is 39.0. The molecule has 29 heavy (non-hydrogen) atoms. The van der Waals surface area contributed by atoms with E-state index in [-0.39, 0.29) is 6.54 Å². The standard InChI is InChI=1S/C19H14F3N3O4/c20-19(21,22)13-8-4-5-9-14(13)23-15(26)11-25-17(28)16(27)24(18(25)29)10-12-6-2-1-3-7-12/h1-9H,10-11H2,(H,23,26). The van der Waals surface area contributed by atoms with Crippen molar-refractivity contribution in [3.63, 3.8) is 0 Å². The molecule has 0 bridgehead atoms. The first-order valence-corrected chi connectivity index (χ1v) is 8.36. The molecule has 0 atom stereocenters. The van der Waals surface area contributed by atoms with Crippen molar-refractivity contribution in [3.8, 4) is 0 Å². The Morgan fingerprint density at radius 3 is 2.10 bits per heavy atom. The van der Waals surface area contributed by atoms with Gasteiger partial charge in [0.1, 0.15) is 6.54 Å². The van der Waals surface area contributed by atoms with Gasteiger partial charge < -0.3 is 5.32 Å². The lowest BCUT2D eigenvalue weighted by Crippen LogP contribution is -2.39. The fourth-order valence-electron chi connectivity index (χ4n) is 2.77. The second-order valence-corrected chi connectivity index (χ2v) is 6.14. The number of urea groups is 1. The molecule has 0 spiro atoms. The predicted molar refractivity (Wildman–Crippen MR) is 94.2 cm³/mol. The molecular weight excluding hydrogens is 391 g/mol. The molecule has 1 fully saturated rings. The van der Waals surface area contributed by atoms with Crippen molar-refractivity contribution < 1.29 is 32.3 Å². The number of nitrogens with zero attached hydrogens (tertiary/aromatic N) is 2. The van der Waals surface area contributed by atoms with E-state index in [4.69, 9.17) is 0 Å². The predicted octanol–water partition coefficient (Wildman–Crippen LogP) is 2.63. The molecule has 1 aliphatic heterocycles. The number of carbonyl (C=O) groups excluding carboxylic acids is 4. The summed E-state index contributed by atoms with van der Waals surface area (Å²) in [5.41, 5.74) is -1.00. The maximum Gasteiger partial charge on any atom is 0.418 e. The van der Waals surface area contributed by atoms with Gasteiger partial charge in [-0.25, -0.2) is 9.69 Å². The van der Waals surface area contributed by atoms with Crippen LogP contribution in [0.2, 0.25) is 0 Å². The minimum absolute atomic E-state index is 0.167. The van der Waals surface area contributed by atoms with Crippen molar-refractivity contribution >= 4 is 29.4 Å². The van der Waals surface area contributed by atoms with Crippen LogP contribution in [0.3, 0.4) is 0 Å². The number of hydrogen-bond donors (Lipinski definition) is 1. The third kappa shape index (κ3) is 4.26. The molecule has 1 N–H and O–H groups in total. The molecule has 5 amide bonds. The van der Waals surface area contributed by atoms with E-state index < -0.39 is 47.7 Å². The molecular formula is C19H14F3N3O4. The lowest BCUT2D eigenvalue weighted by atomic mass is 10.1. The van der Waals surface area contributed by atoms with Crippen LogP contribution in [0.5, 0.6) is 0 Å². The molecule has 0 saturated carbocycles. The van der Waals surface area contributed by atoms with Gasteiger partial charge in [0.25, 0.3) is 0 Å². The first-order chi connectivity index (χ1) is 13.7. The van der Waals surface area contributed by atoms with Gasteiger partial charge in [-0.15, -0.1) is 0 Å². The lowest BCUT2D eigenvalue weighted by Gasteiger charge is -2.17. The van der Waals surface area contributed by atoms with Crippen LogP contribution in [-0.4, -0.2) is 40.1 Å². The SMILES string of the molecule is O=C(CN1C(=O)C(=O)N(Cc2ccccc2)C1=O)Nc1ccccc1C(F)(F)F. The number of rotatable bonds is 5. The van der Waals surface area contributed by atoms with E-state index in [0.717, 1.165) is 18.2 Å². The zero-order chi connectivity index (χ0) is 21.2. The Kier molecular flexibility index (Phi) is 5.35. The number of halogens is 3. The normalized spacial score (nSPS) is 14.5. The minimum Gasteiger partial charge on any atom is -0.324 e. The molecule has 10 heteroatoms. The molecule has 2 aromatic rings. The number of alkyl halides is 3. The zero-order valence-electron chi connectivity index (χ0n) is 14.8. The summed E-state index contributed by atoms with van der Waals surface area (Å²) in [5.74, 6) is -3.37. The Morgan fingerprint density at radius 1 is 0.862 bits per heavy atom. The van der Waals surface area contributed by atoms with Crippen molar-refractivity contribution in [1.29, 1.82) is 0 Å². The number of benzene rings is 2. The van der Waals surface area contributed by atoms with Gasteiger partial charge in [-0.05, 0) is 17.7 Å². The second-order valence-electron chi connectivity index (χ2n) is 6.14. The van der Waals surface area contributed by atoms with Crippen LogP contribution in [-0.2, 0) is 27.1 Å². The first-order valence-electron chi connectivity index (χ1n) is 8.36. The Morgan fingerprint density at radius 2 is 1.45 bits per heavy atom. The summed E-state index contributed by atoms with van der Waals surface area (Å²) in [6.45, 7) is -1.06. The van der Waals surface area contributed by atoms with E-state index in [9.17, 15) is 32.3 Å². The second kappa shape index (κ2) is 7.74. The fraction of sp³-hybridized carbons (Fsp3) is 0.158. The summed E-state index contributed by atoms with van der Waals surface area (Å²) in [4.78, 5) is 49.8. The Hall–Kier alpha value is -3.69. The van der Waals surface area contributed by atoms with Gasteiger partial charge in [0.15, 0.2) is 0 Å². The van der Waals surface area contributed by atoms with Crippen LogP contribution in [0.25, 0.3) is 0 Å². The highest BCUT2D eigenvalue weighted by atomic mass is 19.4. The van der Waals surface area contributed by atoms with Crippen molar-refractivity contribution in [1.82, 2.24) is 9.80 Å². The highest BCUT2D eigenvalue weighted by molar-refractivity contribution is 6.45. The molecule has 0 unspecified atom stereocenters. The van der Waals surface area contributed by atoms with Gasteiger partial charge in [-0.1, -0.05) is 42.5 Å². The van der Waals surface area contributed by atoms with E-state index in [0.29, 0.717) is 15.4 Å². The van der Waals surface area contributed by atoms with Crippen molar-refractivity contribution in [3.05, 3.63) is 65.7 Å². The van der Waals surface area contributed by atoms with Crippen LogP contribution < -0.4 is 5.32 Å². The third-order valence-corrected chi connectivity index (χ3v) is 4.13. The summed E-state index contributed by atoms with van der Waals surface area (Å²) >= 11 is 0. The fourth-order valence-corrected chi connectivity index (χ4v) is 2.77. The average Bonchev–Trinajstić information content (AvgIpc) is 2.86. The van der Waals surface area contributed by atoms with Crippen LogP contribution >= 0.6 is 0 Å². The van der Waals surface area contributed by atoms with Gasteiger partial charge in [0.05, 0.1) is 17.8 Å². The Balaban J connectivity index is 1.72. The quantitative estimate of drug-likeness (QED) is 0.612. The molecule has 1 heterocycles. The van der Waals surface area contributed by atoms with E-state index in [2.05, 4.69) is 0 Å². The number of para-hydroxylation sites is 1. The molecule has 1 saturated heterocycles. The molecule has 0 aliphatic carbocycles. The summed E-state index contributed by atoms with van der Waals surface area (Å²) in [5, 5.41) is 2.03. The summed E-state index contributed by atoms with van der Waals surface area (Å²) in [6.07, 6.45) is -4.70. The summed E-state index contributed by atoms with van der Waals surface area (Å²) in [7, 11) is 0. The van der Waals surface area contributed by atoms with E-state index in [1.165, 1.54) is 6.07 Å². The van der Waals surface area contributed by atoms with Crippen LogP contribution in [0.15, 0.2) is 54.6 Å². The highest BCUT2D eigenvalue weighted by Crippen LogP contribution is 2.34. The highest BCUT2D eigenvalue weighted by Gasteiger charge is 2.45. The molecule has 1 aliphatic rings. The zero-order valence-corrected chi connectivity index (χ0v) is 14.8. The monoisotopic (exact) mass is 405 g/mol. The van der Waals surface area contributed by atoms with Gasteiger partial charge in [0.2, 0.25) is 5.91 Å². The van der Waals surface area contributed by atoms with Crippen LogP contribution in [0.1, 0.15) is 11.1 Å². The number of imide groups is 2. The first kappa shape index (κ1) is 20.1. The van der Waals surface area contributed by atoms with Crippen LogP contribution in [0, 0.1) is 0 Å². The van der Waals surface area contributed by atoms with E-state index in [1.54, 1.807) is 30.3 Å². The number of carbonyl (C=O) groups is 4. The average molecular weight is 405 g/mol. The minimum atomic E-state index is -4.70. The van der Waals surface area contributed by atoms with Gasteiger partial charge in [-0.3, -0.25) is 19.3 Å². The molecule has 2 aromatic carbocycles. The third-order valence-electron chi connectivity index (χ3n) is 4.13. The topological polar surface area (TPSA) is 86.8 Å². The largest absolute Gasteiger partial charge is 0.418 e. The molecule has 3 rings (SSSR count).